The average Bonchev–Trinajstić information content (AvgIpc) is 2.33. The summed E-state index contributed by atoms with van der Waals surface area (Å²) < 4.78 is 5.10. The Bertz CT molecular complexity index is 160. The van der Waals surface area contributed by atoms with Crippen LogP contribution in [0, 0.1) is 11.3 Å². The molecule has 0 aromatic heterocycles. The lowest BCUT2D eigenvalue weighted by molar-refractivity contribution is -0.148. The molecule has 0 spiro atoms. The highest BCUT2D eigenvalue weighted by molar-refractivity contribution is 5.71. The van der Waals surface area contributed by atoms with Crippen molar-refractivity contribution in [3.8, 4) is 0 Å². The number of carbonyl (C=O) groups excluding carboxylic acids is 1. The monoisotopic (exact) mass is 246 g/mol. The van der Waals surface area contributed by atoms with E-state index in [0.717, 1.165) is 12.8 Å². The third-order valence-electron chi connectivity index (χ3n) is 2.45. The van der Waals surface area contributed by atoms with E-state index in [2.05, 4.69) is 20.8 Å². The minimum absolute atomic E-state index is 0.00950. The summed E-state index contributed by atoms with van der Waals surface area (Å²) in [5.41, 5.74) is 0.289. The average molecular weight is 246 g/mol. The van der Waals surface area contributed by atoms with Crippen molar-refractivity contribution in [2.45, 2.75) is 75.2 Å². The van der Waals surface area contributed by atoms with Crippen LogP contribution in [0.2, 0.25) is 0 Å². The maximum atomic E-state index is 11.1. The van der Waals surface area contributed by atoms with E-state index in [0.29, 0.717) is 6.61 Å². The van der Waals surface area contributed by atoms with Gasteiger partial charge in [-0.1, -0.05) is 68.7 Å². The van der Waals surface area contributed by atoms with Gasteiger partial charge in [0, 0.05) is 0 Å². The molecule has 0 radical (unpaired) electrons. The van der Waals surface area contributed by atoms with Crippen LogP contribution in [0.25, 0.3) is 0 Å². The fourth-order valence-electron chi connectivity index (χ4n) is 0.771. The minimum atomic E-state index is -0.0908. The molecule has 0 heterocycles. The van der Waals surface area contributed by atoms with Gasteiger partial charge in [-0.15, -0.1) is 0 Å². The van der Waals surface area contributed by atoms with Crippen molar-refractivity contribution in [2.24, 2.45) is 11.3 Å². The summed E-state index contributed by atoms with van der Waals surface area (Å²) in [4.78, 5) is 11.1. The van der Waals surface area contributed by atoms with E-state index in [-0.39, 0.29) is 17.3 Å². The Kier molecular flexibility index (Phi) is 17.3. The SMILES string of the molecule is CC.CC.CCC(C)(C)CCOC(=O)C(C)C. The fraction of sp³-hybridized carbons (Fsp3) is 0.933. The molecule has 0 saturated carbocycles. The van der Waals surface area contributed by atoms with Crippen molar-refractivity contribution in [1.29, 1.82) is 0 Å². The summed E-state index contributed by atoms with van der Waals surface area (Å²) in [6.45, 7) is 18.8. The molecule has 0 aromatic rings. The van der Waals surface area contributed by atoms with Crippen LogP contribution in [-0.2, 0) is 9.53 Å². The highest BCUT2D eigenvalue weighted by atomic mass is 16.5. The molecule has 0 unspecified atom stereocenters. The maximum absolute atomic E-state index is 11.1. The van der Waals surface area contributed by atoms with E-state index < -0.39 is 0 Å². The van der Waals surface area contributed by atoms with Crippen molar-refractivity contribution >= 4 is 5.97 Å². The molecule has 0 bridgehead atoms. The van der Waals surface area contributed by atoms with Crippen LogP contribution in [-0.4, -0.2) is 12.6 Å². The summed E-state index contributed by atoms with van der Waals surface area (Å²) in [5.74, 6) is -0.100. The predicted octanol–water partition coefficient (Wildman–Crippen LogP) is 5.06. The van der Waals surface area contributed by atoms with Crippen LogP contribution in [0.5, 0.6) is 0 Å². The van der Waals surface area contributed by atoms with E-state index >= 15 is 0 Å². The first kappa shape index (κ1) is 21.7. The lowest BCUT2D eigenvalue weighted by atomic mass is 9.87. The van der Waals surface area contributed by atoms with E-state index in [9.17, 15) is 4.79 Å². The zero-order valence-corrected chi connectivity index (χ0v) is 13.5. The summed E-state index contributed by atoms with van der Waals surface area (Å²) >= 11 is 0. The molecule has 0 aliphatic rings. The van der Waals surface area contributed by atoms with Crippen LogP contribution in [0.4, 0.5) is 0 Å². The summed E-state index contributed by atoms with van der Waals surface area (Å²) in [6.07, 6.45) is 2.06. The maximum Gasteiger partial charge on any atom is 0.308 e. The van der Waals surface area contributed by atoms with Gasteiger partial charge < -0.3 is 4.74 Å². The quantitative estimate of drug-likeness (QED) is 0.633. The van der Waals surface area contributed by atoms with Gasteiger partial charge in [0.25, 0.3) is 0 Å². The zero-order valence-electron chi connectivity index (χ0n) is 13.5. The lowest BCUT2D eigenvalue weighted by Crippen LogP contribution is -2.17. The van der Waals surface area contributed by atoms with E-state index in [1.807, 2.05) is 41.5 Å². The Balaban J connectivity index is -0.000000439. The number of rotatable bonds is 5. The first-order chi connectivity index (χ1) is 7.89. The van der Waals surface area contributed by atoms with Crippen molar-refractivity contribution in [3.05, 3.63) is 0 Å². The van der Waals surface area contributed by atoms with Crippen molar-refractivity contribution in [2.75, 3.05) is 6.61 Å². The Morgan fingerprint density at radius 3 is 1.82 bits per heavy atom. The van der Waals surface area contributed by atoms with Gasteiger partial charge in [0.05, 0.1) is 12.5 Å². The number of ether oxygens (including phenoxy) is 1. The molecule has 0 rings (SSSR count). The third kappa shape index (κ3) is 15.5. The number of hydrogen-bond acceptors (Lipinski definition) is 2. The van der Waals surface area contributed by atoms with E-state index in [1.54, 1.807) is 0 Å². The molecule has 0 saturated heterocycles. The molecule has 0 atom stereocenters. The first-order valence-corrected chi connectivity index (χ1v) is 7.05. The summed E-state index contributed by atoms with van der Waals surface area (Å²) in [7, 11) is 0. The summed E-state index contributed by atoms with van der Waals surface area (Å²) in [6, 6.07) is 0. The molecule has 0 N–H and O–H groups in total. The molecule has 0 aliphatic heterocycles. The van der Waals surface area contributed by atoms with Gasteiger partial charge in [-0.05, 0) is 11.8 Å². The van der Waals surface area contributed by atoms with Gasteiger partial charge in [0.2, 0.25) is 0 Å². The number of carbonyl (C=O) groups is 1. The molecular formula is C15H34O2. The van der Waals surface area contributed by atoms with Gasteiger partial charge in [0.1, 0.15) is 0 Å². The van der Waals surface area contributed by atoms with Crippen LogP contribution < -0.4 is 0 Å². The molecule has 2 heteroatoms. The second-order valence-corrected chi connectivity index (χ2v) is 4.59. The molecule has 0 fully saturated rings. The van der Waals surface area contributed by atoms with Gasteiger partial charge >= 0.3 is 5.97 Å². The Hall–Kier alpha value is -0.530. The summed E-state index contributed by atoms with van der Waals surface area (Å²) in [5, 5.41) is 0. The van der Waals surface area contributed by atoms with E-state index in [1.165, 1.54) is 0 Å². The lowest BCUT2D eigenvalue weighted by Gasteiger charge is -2.22. The second-order valence-electron chi connectivity index (χ2n) is 4.59. The number of esters is 1. The van der Waals surface area contributed by atoms with Crippen LogP contribution in [0.15, 0.2) is 0 Å². The number of hydrogen-bond donors (Lipinski definition) is 0. The topological polar surface area (TPSA) is 26.3 Å². The third-order valence-corrected chi connectivity index (χ3v) is 2.45. The van der Waals surface area contributed by atoms with Gasteiger partial charge in [-0.2, -0.15) is 0 Å². The predicted molar refractivity (Wildman–Crippen MR) is 77.2 cm³/mol. The molecule has 2 nitrogen and oxygen atoms in total. The molecule has 106 valence electrons. The van der Waals surface area contributed by atoms with Crippen molar-refractivity contribution in [3.63, 3.8) is 0 Å². The van der Waals surface area contributed by atoms with Gasteiger partial charge in [-0.3, -0.25) is 4.79 Å². The normalized spacial score (nSPS) is 9.76. The molecule has 0 aliphatic carbocycles. The van der Waals surface area contributed by atoms with E-state index in [4.69, 9.17) is 4.74 Å². The largest absolute Gasteiger partial charge is 0.465 e. The molecule has 0 amide bonds. The Morgan fingerprint density at radius 2 is 1.53 bits per heavy atom. The first-order valence-electron chi connectivity index (χ1n) is 7.05. The molecule has 0 aromatic carbocycles. The standard InChI is InChI=1S/C11H22O2.2C2H6/c1-6-11(4,5)7-8-13-10(12)9(2)3;2*1-2/h9H,6-8H2,1-5H3;2*1-2H3. The highest BCUT2D eigenvalue weighted by Gasteiger charge is 2.16. The highest BCUT2D eigenvalue weighted by Crippen LogP contribution is 2.24. The van der Waals surface area contributed by atoms with Gasteiger partial charge in [0.15, 0.2) is 0 Å². The zero-order chi connectivity index (χ0) is 14.5. The molecular weight excluding hydrogens is 212 g/mol. The van der Waals surface area contributed by atoms with Crippen LogP contribution in [0.1, 0.15) is 75.2 Å². The fourth-order valence-corrected chi connectivity index (χ4v) is 0.771. The second kappa shape index (κ2) is 13.5. The van der Waals surface area contributed by atoms with Crippen molar-refractivity contribution in [1.82, 2.24) is 0 Å². The molecule has 17 heavy (non-hydrogen) atoms. The minimum Gasteiger partial charge on any atom is -0.465 e. The van der Waals surface area contributed by atoms with Crippen molar-refractivity contribution < 1.29 is 9.53 Å². The smallest absolute Gasteiger partial charge is 0.308 e. The van der Waals surface area contributed by atoms with Crippen LogP contribution >= 0.6 is 0 Å². The Morgan fingerprint density at radius 1 is 1.12 bits per heavy atom. The Labute approximate surface area is 109 Å². The van der Waals surface area contributed by atoms with Gasteiger partial charge in [-0.25, -0.2) is 0 Å². The van der Waals surface area contributed by atoms with Crippen LogP contribution in [0.3, 0.4) is 0 Å².